The summed E-state index contributed by atoms with van der Waals surface area (Å²) < 4.78 is 18.6. The minimum atomic E-state index is -0.225. The second kappa shape index (κ2) is 12.4. The normalized spacial score (nSPS) is 14.0. The Kier molecular flexibility index (Phi) is 12.0. The van der Waals surface area contributed by atoms with Gasteiger partial charge in [0.2, 0.25) is 0 Å². The first-order valence-electron chi connectivity index (χ1n) is 7.93. The summed E-state index contributed by atoms with van der Waals surface area (Å²) in [6.07, 6.45) is 0. The SMILES string of the molecule is CCNC(=NCC(c1cccc(F)c1)N(C)C)NC(C)COC.I. The van der Waals surface area contributed by atoms with Crippen molar-refractivity contribution < 1.29 is 9.13 Å². The third-order valence-electron chi connectivity index (χ3n) is 3.42. The molecule has 2 atom stereocenters. The number of nitrogens with zero attached hydrogens (tertiary/aromatic N) is 2. The van der Waals surface area contributed by atoms with Gasteiger partial charge in [0, 0.05) is 19.7 Å². The molecule has 24 heavy (non-hydrogen) atoms. The van der Waals surface area contributed by atoms with E-state index in [2.05, 4.69) is 15.6 Å². The first kappa shape index (κ1) is 23.1. The van der Waals surface area contributed by atoms with E-state index in [1.165, 1.54) is 6.07 Å². The maximum atomic E-state index is 13.5. The smallest absolute Gasteiger partial charge is 0.191 e. The molecule has 5 nitrogen and oxygen atoms in total. The van der Waals surface area contributed by atoms with E-state index >= 15 is 0 Å². The number of hydrogen-bond acceptors (Lipinski definition) is 3. The van der Waals surface area contributed by atoms with Gasteiger partial charge in [-0.1, -0.05) is 12.1 Å². The van der Waals surface area contributed by atoms with Gasteiger partial charge in [-0.25, -0.2) is 4.39 Å². The van der Waals surface area contributed by atoms with Crippen LogP contribution in [0, 0.1) is 5.82 Å². The van der Waals surface area contributed by atoms with Crippen LogP contribution < -0.4 is 10.6 Å². The van der Waals surface area contributed by atoms with Gasteiger partial charge in [0.15, 0.2) is 5.96 Å². The molecule has 0 radical (unpaired) electrons. The summed E-state index contributed by atoms with van der Waals surface area (Å²) in [7, 11) is 5.62. The van der Waals surface area contributed by atoms with E-state index in [4.69, 9.17) is 4.74 Å². The van der Waals surface area contributed by atoms with Crippen LogP contribution in [0.15, 0.2) is 29.3 Å². The molecule has 0 fully saturated rings. The van der Waals surface area contributed by atoms with Gasteiger partial charge in [-0.2, -0.15) is 0 Å². The highest BCUT2D eigenvalue weighted by Crippen LogP contribution is 2.19. The summed E-state index contributed by atoms with van der Waals surface area (Å²) in [6, 6.07) is 6.85. The molecule has 2 unspecified atom stereocenters. The third-order valence-corrected chi connectivity index (χ3v) is 3.42. The highest BCUT2D eigenvalue weighted by Gasteiger charge is 2.15. The fourth-order valence-electron chi connectivity index (χ4n) is 2.30. The van der Waals surface area contributed by atoms with Crippen molar-refractivity contribution in [2.45, 2.75) is 25.9 Å². The molecule has 0 bridgehead atoms. The zero-order valence-electron chi connectivity index (χ0n) is 15.2. The van der Waals surface area contributed by atoms with E-state index in [-0.39, 0.29) is 41.9 Å². The van der Waals surface area contributed by atoms with Gasteiger partial charge in [0.05, 0.1) is 19.2 Å². The molecule has 0 saturated heterocycles. The number of benzene rings is 1. The lowest BCUT2D eigenvalue weighted by atomic mass is 10.1. The summed E-state index contributed by atoms with van der Waals surface area (Å²) >= 11 is 0. The molecule has 2 N–H and O–H groups in total. The van der Waals surface area contributed by atoms with E-state index in [1.54, 1.807) is 19.2 Å². The Morgan fingerprint density at radius 2 is 2.08 bits per heavy atom. The lowest BCUT2D eigenvalue weighted by Crippen LogP contribution is -2.44. The molecule has 1 aromatic rings. The second-order valence-electron chi connectivity index (χ2n) is 5.75. The first-order chi connectivity index (χ1) is 11.0. The molecule has 1 aromatic carbocycles. The molecule has 138 valence electrons. The lowest BCUT2D eigenvalue weighted by molar-refractivity contribution is 0.179. The van der Waals surface area contributed by atoms with Crippen LogP contribution in [0.4, 0.5) is 4.39 Å². The van der Waals surface area contributed by atoms with E-state index in [0.29, 0.717) is 13.2 Å². The largest absolute Gasteiger partial charge is 0.383 e. The number of rotatable bonds is 8. The molecule has 0 heterocycles. The fourth-order valence-corrected chi connectivity index (χ4v) is 2.30. The molecule has 0 spiro atoms. The zero-order chi connectivity index (χ0) is 17.2. The summed E-state index contributed by atoms with van der Waals surface area (Å²) in [6.45, 7) is 5.97. The number of guanidine groups is 1. The number of aliphatic imine (C=N–C) groups is 1. The fraction of sp³-hybridized carbons (Fsp3) is 0.588. The number of hydrogen-bond donors (Lipinski definition) is 2. The molecule has 0 aliphatic carbocycles. The van der Waals surface area contributed by atoms with Gasteiger partial charge >= 0.3 is 0 Å². The van der Waals surface area contributed by atoms with Crippen molar-refractivity contribution in [3.63, 3.8) is 0 Å². The van der Waals surface area contributed by atoms with Crippen LogP contribution in [-0.4, -0.2) is 57.8 Å². The van der Waals surface area contributed by atoms with Crippen LogP contribution in [0.25, 0.3) is 0 Å². The minimum Gasteiger partial charge on any atom is -0.383 e. The maximum absolute atomic E-state index is 13.5. The van der Waals surface area contributed by atoms with Gasteiger partial charge in [0.25, 0.3) is 0 Å². The molecule has 1 rings (SSSR count). The van der Waals surface area contributed by atoms with E-state index in [9.17, 15) is 4.39 Å². The van der Waals surface area contributed by atoms with Crippen LogP contribution in [0.1, 0.15) is 25.5 Å². The van der Waals surface area contributed by atoms with Crippen LogP contribution in [0.2, 0.25) is 0 Å². The Hall–Kier alpha value is -0.930. The molecule has 0 aliphatic heterocycles. The van der Waals surface area contributed by atoms with Gasteiger partial charge in [0.1, 0.15) is 5.82 Å². The van der Waals surface area contributed by atoms with Gasteiger partial charge < -0.3 is 20.3 Å². The summed E-state index contributed by atoms with van der Waals surface area (Å²) in [4.78, 5) is 6.68. The second-order valence-corrected chi connectivity index (χ2v) is 5.75. The van der Waals surface area contributed by atoms with Crippen LogP contribution in [-0.2, 0) is 4.74 Å². The van der Waals surface area contributed by atoms with Crippen molar-refractivity contribution in [3.05, 3.63) is 35.6 Å². The number of likely N-dealkylation sites (N-methyl/N-ethyl adjacent to an activating group) is 1. The Bertz CT molecular complexity index is 499. The lowest BCUT2D eigenvalue weighted by Gasteiger charge is -2.24. The Morgan fingerprint density at radius 3 is 2.62 bits per heavy atom. The monoisotopic (exact) mass is 452 g/mol. The Balaban J connectivity index is 0.00000529. The van der Waals surface area contributed by atoms with Crippen molar-refractivity contribution in [2.75, 3.05) is 40.9 Å². The maximum Gasteiger partial charge on any atom is 0.191 e. The average molecular weight is 452 g/mol. The van der Waals surface area contributed by atoms with Crippen molar-refractivity contribution in [3.8, 4) is 0 Å². The molecule has 7 heteroatoms. The molecular weight excluding hydrogens is 422 g/mol. The predicted octanol–water partition coefficient (Wildman–Crippen LogP) is 2.64. The van der Waals surface area contributed by atoms with Gasteiger partial charge in [-0.3, -0.25) is 4.99 Å². The summed E-state index contributed by atoms with van der Waals surface area (Å²) in [5.74, 6) is 0.511. The molecule has 0 amide bonds. The highest BCUT2D eigenvalue weighted by atomic mass is 127. The van der Waals surface area contributed by atoms with Crippen LogP contribution in [0.5, 0.6) is 0 Å². The van der Waals surface area contributed by atoms with Crippen molar-refractivity contribution in [2.24, 2.45) is 4.99 Å². The van der Waals surface area contributed by atoms with Gasteiger partial charge in [-0.15, -0.1) is 24.0 Å². The topological polar surface area (TPSA) is 48.9 Å². The third kappa shape index (κ3) is 8.25. The van der Waals surface area contributed by atoms with Crippen LogP contribution in [0.3, 0.4) is 0 Å². The summed E-state index contributed by atoms with van der Waals surface area (Å²) in [5, 5.41) is 6.52. The van der Waals surface area contributed by atoms with E-state index < -0.39 is 0 Å². The van der Waals surface area contributed by atoms with Crippen LogP contribution >= 0.6 is 24.0 Å². The Morgan fingerprint density at radius 1 is 1.38 bits per heavy atom. The standard InChI is InChI=1S/C17H29FN4O.HI/c1-6-19-17(21-13(2)12-23-5)20-11-16(22(3)4)14-8-7-9-15(18)10-14;/h7-10,13,16H,6,11-12H2,1-5H3,(H2,19,20,21);1H. The molecular formula is C17H30FIN4O. The molecule has 0 aliphatic rings. The zero-order valence-corrected chi connectivity index (χ0v) is 17.5. The highest BCUT2D eigenvalue weighted by molar-refractivity contribution is 14.0. The number of methoxy groups -OCH3 is 1. The number of nitrogens with one attached hydrogen (secondary N) is 2. The summed E-state index contributed by atoms with van der Waals surface area (Å²) in [5.41, 5.74) is 0.916. The van der Waals surface area contributed by atoms with Crippen molar-refractivity contribution in [1.82, 2.24) is 15.5 Å². The van der Waals surface area contributed by atoms with E-state index in [0.717, 1.165) is 18.1 Å². The van der Waals surface area contributed by atoms with E-state index in [1.807, 2.05) is 38.9 Å². The molecule has 0 aromatic heterocycles. The van der Waals surface area contributed by atoms with Gasteiger partial charge in [-0.05, 0) is 45.6 Å². The predicted molar refractivity (Wildman–Crippen MR) is 109 cm³/mol. The Labute approximate surface area is 162 Å². The average Bonchev–Trinajstić information content (AvgIpc) is 2.47. The number of halogens is 2. The van der Waals surface area contributed by atoms with Crippen molar-refractivity contribution in [1.29, 1.82) is 0 Å². The first-order valence-corrected chi connectivity index (χ1v) is 7.93. The van der Waals surface area contributed by atoms with Crippen molar-refractivity contribution >= 4 is 29.9 Å². The quantitative estimate of drug-likeness (QED) is 0.362. The molecule has 0 saturated carbocycles. The number of ether oxygens (including phenoxy) is 1. The minimum absolute atomic E-state index is 0.